The summed E-state index contributed by atoms with van der Waals surface area (Å²) in [5, 5.41) is 12.8. The van der Waals surface area contributed by atoms with Gasteiger partial charge in [0.25, 0.3) is 0 Å². The van der Waals surface area contributed by atoms with Crippen LogP contribution in [0.15, 0.2) is 30.3 Å². The van der Waals surface area contributed by atoms with Gasteiger partial charge < -0.3 is 10.4 Å². The number of benzene rings is 1. The van der Waals surface area contributed by atoms with Crippen molar-refractivity contribution in [1.82, 2.24) is 5.32 Å². The second-order valence-corrected chi connectivity index (χ2v) is 4.68. The van der Waals surface area contributed by atoms with Crippen LogP contribution < -0.4 is 5.32 Å². The van der Waals surface area contributed by atoms with Crippen LogP contribution in [0.5, 0.6) is 0 Å². The molecule has 1 aliphatic rings. The maximum atomic E-state index is 9.26. The topological polar surface area (TPSA) is 32.3 Å². The van der Waals surface area contributed by atoms with Crippen LogP contribution in [0.2, 0.25) is 0 Å². The molecule has 0 spiro atoms. The SMILES string of the molecule is CCC(CO)NC(c1ccccc1)C1CC1. The lowest BCUT2D eigenvalue weighted by molar-refractivity contribution is 0.223. The minimum Gasteiger partial charge on any atom is -0.395 e. The van der Waals surface area contributed by atoms with Crippen LogP contribution in [0.3, 0.4) is 0 Å². The van der Waals surface area contributed by atoms with Gasteiger partial charge in [0.1, 0.15) is 0 Å². The molecule has 0 aromatic heterocycles. The summed E-state index contributed by atoms with van der Waals surface area (Å²) in [4.78, 5) is 0. The zero-order valence-electron chi connectivity index (χ0n) is 9.89. The summed E-state index contributed by atoms with van der Waals surface area (Å²) in [6.45, 7) is 2.34. The largest absolute Gasteiger partial charge is 0.395 e. The van der Waals surface area contributed by atoms with E-state index in [4.69, 9.17) is 0 Å². The molecule has 0 saturated heterocycles. The lowest BCUT2D eigenvalue weighted by Crippen LogP contribution is -2.36. The molecule has 0 bridgehead atoms. The Morgan fingerprint density at radius 3 is 2.50 bits per heavy atom. The smallest absolute Gasteiger partial charge is 0.0584 e. The third-order valence-corrected chi connectivity index (χ3v) is 3.38. The standard InChI is InChI=1S/C14H21NO/c1-2-13(10-16)15-14(12-8-9-12)11-6-4-3-5-7-11/h3-7,12-16H,2,8-10H2,1H3. The molecule has 1 aromatic carbocycles. The predicted molar refractivity (Wildman–Crippen MR) is 66.2 cm³/mol. The molecule has 2 unspecified atom stereocenters. The van der Waals surface area contributed by atoms with Crippen LogP contribution in [-0.2, 0) is 0 Å². The average Bonchev–Trinajstić information content (AvgIpc) is 3.16. The van der Waals surface area contributed by atoms with Crippen molar-refractivity contribution in [2.75, 3.05) is 6.61 Å². The Bertz CT molecular complexity index is 304. The van der Waals surface area contributed by atoms with Crippen LogP contribution in [0.4, 0.5) is 0 Å². The van der Waals surface area contributed by atoms with Crippen LogP contribution in [0.1, 0.15) is 37.8 Å². The normalized spacial score (nSPS) is 19.4. The fourth-order valence-electron chi connectivity index (χ4n) is 2.15. The van der Waals surface area contributed by atoms with Crippen molar-refractivity contribution >= 4 is 0 Å². The second-order valence-electron chi connectivity index (χ2n) is 4.68. The number of nitrogens with one attached hydrogen (secondary N) is 1. The highest BCUT2D eigenvalue weighted by atomic mass is 16.3. The van der Waals surface area contributed by atoms with Crippen molar-refractivity contribution in [1.29, 1.82) is 0 Å². The summed E-state index contributed by atoms with van der Waals surface area (Å²) in [5.74, 6) is 0.767. The molecule has 2 N–H and O–H groups in total. The van der Waals surface area contributed by atoms with Gasteiger partial charge in [0.15, 0.2) is 0 Å². The van der Waals surface area contributed by atoms with Crippen molar-refractivity contribution in [3.8, 4) is 0 Å². The first-order valence-corrected chi connectivity index (χ1v) is 6.27. The molecule has 88 valence electrons. The van der Waals surface area contributed by atoms with Gasteiger partial charge in [0.2, 0.25) is 0 Å². The molecule has 0 amide bonds. The molecule has 1 aliphatic carbocycles. The van der Waals surface area contributed by atoms with Gasteiger partial charge in [-0.25, -0.2) is 0 Å². The highest BCUT2D eigenvalue weighted by molar-refractivity contribution is 5.21. The first-order chi connectivity index (χ1) is 7.85. The molecule has 2 atom stereocenters. The molecule has 16 heavy (non-hydrogen) atoms. The molecule has 2 rings (SSSR count). The molecule has 1 aromatic rings. The van der Waals surface area contributed by atoms with E-state index in [-0.39, 0.29) is 12.6 Å². The maximum absolute atomic E-state index is 9.26. The third-order valence-electron chi connectivity index (χ3n) is 3.38. The fourth-order valence-corrected chi connectivity index (χ4v) is 2.15. The summed E-state index contributed by atoms with van der Waals surface area (Å²) in [5.41, 5.74) is 1.36. The molecular weight excluding hydrogens is 198 g/mol. The quantitative estimate of drug-likeness (QED) is 0.770. The van der Waals surface area contributed by atoms with E-state index in [9.17, 15) is 5.11 Å². The molecule has 0 heterocycles. The van der Waals surface area contributed by atoms with Gasteiger partial charge in [-0.2, -0.15) is 0 Å². The van der Waals surface area contributed by atoms with Gasteiger partial charge in [-0.1, -0.05) is 37.3 Å². The van der Waals surface area contributed by atoms with E-state index in [0.717, 1.165) is 12.3 Å². The first kappa shape index (κ1) is 11.6. The number of hydrogen-bond donors (Lipinski definition) is 2. The van der Waals surface area contributed by atoms with Gasteiger partial charge in [-0.05, 0) is 30.7 Å². The molecule has 1 fully saturated rings. The molecule has 0 aliphatic heterocycles. The lowest BCUT2D eigenvalue weighted by atomic mass is 10.0. The Labute approximate surface area is 97.7 Å². The van der Waals surface area contributed by atoms with E-state index in [0.29, 0.717) is 6.04 Å². The van der Waals surface area contributed by atoms with E-state index in [2.05, 4.69) is 42.6 Å². The van der Waals surface area contributed by atoms with E-state index in [1.54, 1.807) is 0 Å². The number of aliphatic hydroxyl groups is 1. The summed E-state index contributed by atoms with van der Waals surface area (Å²) in [6, 6.07) is 11.2. The van der Waals surface area contributed by atoms with Gasteiger partial charge >= 0.3 is 0 Å². The summed E-state index contributed by atoms with van der Waals surface area (Å²) in [7, 11) is 0. The van der Waals surface area contributed by atoms with E-state index in [1.165, 1.54) is 18.4 Å². The van der Waals surface area contributed by atoms with Crippen LogP contribution in [0, 0.1) is 5.92 Å². The molecular formula is C14H21NO. The third kappa shape index (κ3) is 2.83. The van der Waals surface area contributed by atoms with Gasteiger partial charge in [-0.15, -0.1) is 0 Å². The van der Waals surface area contributed by atoms with E-state index in [1.807, 2.05) is 0 Å². The van der Waals surface area contributed by atoms with Crippen molar-refractivity contribution in [2.45, 2.75) is 38.3 Å². The van der Waals surface area contributed by atoms with Crippen LogP contribution in [-0.4, -0.2) is 17.8 Å². The first-order valence-electron chi connectivity index (χ1n) is 6.27. The van der Waals surface area contributed by atoms with Gasteiger partial charge in [0, 0.05) is 12.1 Å². The van der Waals surface area contributed by atoms with Gasteiger partial charge in [0.05, 0.1) is 6.61 Å². The Balaban J connectivity index is 2.05. The van der Waals surface area contributed by atoms with E-state index < -0.39 is 0 Å². The zero-order chi connectivity index (χ0) is 11.4. The van der Waals surface area contributed by atoms with Crippen molar-refractivity contribution < 1.29 is 5.11 Å². The van der Waals surface area contributed by atoms with Crippen molar-refractivity contribution in [2.24, 2.45) is 5.92 Å². The highest BCUT2D eigenvalue weighted by Gasteiger charge is 2.32. The summed E-state index contributed by atoms with van der Waals surface area (Å²) in [6.07, 6.45) is 3.61. The summed E-state index contributed by atoms with van der Waals surface area (Å²) < 4.78 is 0. The Morgan fingerprint density at radius 1 is 1.31 bits per heavy atom. The van der Waals surface area contributed by atoms with Crippen LogP contribution in [0.25, 0.3) is 0 Å². The highest BCUT2D eigenvalue weighted by Crippen LogP contribution is 2.41. The van der Waals surface area contributed by atoms with Crippen LogP contribution >= 0.6 is 0 Å². The maximum Gasteiger partial charge on any atom is 0.0584 e. The Kier molecular flexibility index (Phi) is 3.97. The lowest BCUT2D eigenvalue weighted by Gasteiger charge is -2.24. The van der Waals surface area contributed by atoms with Crippen molar-refractivity contribution in [3.63, 3.8) is 0 Å². The minimum absolute atomic E-state index is 0.228. The van der Waals surface area contributed by atoms with E-state index >= 15 is 0 Å². The molecule has 2 heteroatoms. The summed E-state index contributed by atoms with van der Waals surface area (Å²) >= 11 is 0. The number of rotatable bonds is 6. The van der Waals surface area contributed by atoms with Gasteiger partial charge in [-0.3, -0.25) is 0 Å². The average molecular weight is 219 g/mol. The molecule has 1 saturated carbocycles. The number of aliphatic hydroxyl groups excluding tert-OH is 1. The zero-order valence-corrected chi connectivity index (χ0v) is 9.89. The monoisotopic (exact) mass is 219 g/mol. The predicted octanol–water partition coefficient (Wildman–Crippen LogP) is 2.50. The van der Waals surface area contributed by atoms with Crippen molar-refractivity contribution in [3.05, 3.63) is 35.9 Å². The molecule has 2 nitrogen and oxygen atoms in total. The number of hydrogen-bond acceptors (Lipinski definition) is 2. The fraction of sp³-hybridized carbons (Fsp3) is 0.571. The Hall–Kier alpha value is -0.860. The minimum atomic E-state index is 0.228. The second kappa shape index (κ2) is 5.46. The Morgan fingerprint density at radius 2 is 2.00 bits per heavy atom. The molecule has 0 radical (unpaired) electrons.